The van der Waals surface area contributed by atoms with E-state index in [1.807, 2.05) is 13.8 Å². The summed E-state index contributed by atoms with van der Waals surface area (Å²) in [7, 11) is 0. The fourth-order valence-corrected chi connectivity index (χ4v) is 5.10. The standard InChI is InChI=1S/C18H34O/c1-14(8-7-12-17(2,3)19)16-11-10-15-9-5-6-13-18(15,16)4/h14-16,19H,5-13H2,1-4H3/t14-,15?,16?,18+/m1/s1. The van der Waals surface area contributed by atoms with Gasteiger partial charge in [0, 0.05) is 0 Å². The van der Waals surface area contributed by atoms with Crippen LogP contribution in [0.2, 0.25) is 0 Å². The van der Waals surface area contributed by atoms with Gasteiger partial charge in [-0.3, -0.25) is 0 Å². The Morgan fingerprint density at radius 2 is 1.95 bits per heavy atom. The van der Waals surface area contributed by atoms with E-state index in [-0.39, 0.29) is 0 Å². The molecule has 112 valence electrons. The summed E-state index contributed by atoms with van der Waals surface area (Å²) in [6, 6.07) is 0. The molecule has 2 unspecified atom stereocenters. The molecule has 0 aromatic carbocycles. The molecule has 4 atom stereocenters. The lowest BCUT2D eigenvalue weighted by Gasteiger charge is -2.43. The van der Waals surface area contributed by atoms with Crippen molar-refractivity contribution in [3.05, 3.63) is 0 Å². The Labute approximate surface area is 120 Å². The number of aliphatic hydroxyl groups is 1. The van der Waals surface area contributed by atoms with Crippen LogP contribution in [0.5, 0.6) is 0 Å². The van der Waals surface area contributed by atoms with Gasteiger partial charge in [0.2, 0.25) is 0 Å². The molecule has 1 N–H and O–H groups in total. The van der Waals surface area contributed by atoms with E-state index in [0.29, 0.717) is 5.41 Å². The molecular weight excluding hydrogens is 232 g/mol. The highest BCUT2D eigenvalue weighted by atomic mass is 16.3. The summed E-state index contributed by atoms with van der Waals surface area (Å²) in [5, 5.41) is 9.83. The SMILES string of the molecule is C[C@H](CCCC(C)(C)O)C1CCC2CCCC[C@@]21C. The van der Waals surface area contributed by atoms with Crippen LogP contribution in [0.4, 0.5) is 0 Å². The lowest BCUT2D eigenvalue weighted by molar-refractivity contribution is 0.0522. The lowest BCUT2D eigenvalue weighted by atomic mass is 9.62. The van der Waals surface area contributed by atoms with Crippen LogP contribution < -0.4 is 0 Å². The molecule has 19 heavy (non-hydrogen) atoms. The van der Waals surface area contributed by atoms with Gasteiger partial charge in [-0.25, -0.2) is 0 Å². The fraction of sp³-hybridized carbons (Fsp3) is 1.00. The molecule has 0 saturated heterocycles. The van der Waals surface area contributed by atoms with Crippen molar-refractivity contribution >= 4 is 0 Å². The smallest absolute Gasteiger partial charge is 0.0591 e. The van der Waals surface area contributed by atoms with Crippen LogP contribution in [0.15, 0.2) is 0 Å². The van der Waals surface area contributed by atoms with E-state index in [1.54, 1.807) is 0 Å². The zero-order chi connectivity index (χ0) is 14.1. The van der Waals surface area contributed by atoms with Crippen LogP contribution in [0.1, 0.15) is 85.5 Å². The summed E-state index contributed by atoms with van der Waals surface area (Å²) in [6.07, 6.45) is 12.3. The molecule has 0 radical (unpaired) electrons. The Hall–Kier alpha value is -0.0400. The molecule has 0 heterocycles. The predicted molar refractivity (Wildman–Crippen MR) is 82.1 cm³/mol. The highest BCUT2D eigenvalue weighted by Gasteiger charge is 2.48. The fourth-order valence-electron chi connectivity index (χ4n) is 5.10. The zero-order valence-electron chi connectivity index (χ0n) is 13.5. The maximum Gasteiger partial charge on any atom is 0.0591 e. The monoisotopic (exact) mass is 266 g/mol. The van der Waals surface area contributed by atoms with Crippen molar-refractivity contribution in [1.82, 2.24) is 0 Å². The first-order valence-electron chi connectivity index (χ1n) is 8.55. The number of fused-ring (bicyclic) bond motifs is 1. The summed E-state index contributed by atoms with van der Waals surface area (Å²) in [5.74, 6) is 2.80. The van der Waals surface area contributed by atoms with Gasteiger partial charge in [-0.1, -0.05) is 39.5 Å². The maximum atomic E-state index is 9.83. The van der Waals surface area contributed by atoms with Gasteiger partial charge in [0.1, 0.15) is 0 Å². The van der Waals surface area contributed by atoms with Crippen molar-refractivity contribution in [3.63, 3.8) is 0 Å². The molecule has 0 aromatic rings. The van der Waals surface area contributed by atoms with Crippen LogP contribution >= 0.6 is 0 Å². The first kappa shape index (κ1) is 15.4. The van der Waals surface area contributed by atoms with Crippen LogP contribution in [-0.4, -0.2) is 10.7 Å². The molecule has 2 aliphatic rings. The quantitative estimate of drug-likeness (QED) is 0.728. The first-order valence-corrected chi connectivity index (χ1v) is 8.55. The average Bonchev–Trinajstić information content (AvgIpc) is 2.64. The van der Waals surface area contributed by atoms with Gasteiger partial charge in [-0.2, -0.15) is 0 Å². The Morgan fingerprint density at radius 1 is 1.21 bits per heavy atom. The van der Waals surface area contributed by atoms with Crippen LogP contribution in [0.3, 0.4) is 0 Å². The third-order valence-electron chi connectivity index (χ3n) is 6.26. The van der Waals surface area contributed by atoms with Gasteiger partial charge in [0.25, 0.3) is 0 Å². The normalized spacial score (nSPS) is 37.1. The molecule has 2 rings (SSSR count). The van der Waals surface area contributed by atoms with Crippen molar-refractivity contribution in [1.29, 1.82) is 0 Å². The second kappa shape index (κ2) is 5.76. The molecule has 2 fully saturated rings. The molecule has 2 aliphatic carbocycles. The van der Waals surface area contributed by atoms with E-state index in [2.05, 4.69) is 13.8 Å². The Morgan fingerprint density at radius 3 is 2.63 bits per heavy atom. The number of rotatable bonds is 5. The Balaban J connectivity index is 1.87. The highest BCUT2D eigenvalue weighted by molar-refractivity contribution is 4.98. The molecule has 2 saturated carbocycles. The van der Waals surface area contributed by atoms with Gasteiger partial charge >= 0.3 is 0 Å². The number of hydrogen-bond acceptors (Lipinski definition) is 1. The topological polar surface area (TPSA) is 20.2 Å². The van der Waals surface area contributed by atoms with Crippen molar-refractivity contribution < 1.29 is 5.11 Å². The van der Waals surface area contributed by atoms with Crippen LogP contribution in [0.25, 0.3) is 0 Å². The van der Waals surface area contributed by atoms with Crippen molar-refractivity contribution in [2.75, 3.05) is 0 Å². The minimum atomic E-state index is -0.479. The molecular formula is C18H34O. The number of hydrogen-bond donors (Lipinski definition) is 1. The second-order valence-corrected chi connectivity index (χ2v) is 8.31. The third-order valence-corrected chi connectivity index (χ3v) is 6.26. The van der Waals surface area contributed by atoms with E-state index >= 15 is 0 Å². The van der Waals surface area contributed by atoms with E-state index < -0.39 is 5.60 Å². The van der Waals surface area contributed by atoms with E-state index in [0.717, 1.165) is 24.2 Å². The molecule has 0 bridgehead atoms. The van der Waals surface area contributed by atoms with Crippen LogP contribution in [-0.2, 0) is 0 Å². The Bertz CT molecular complexity index is 291. The summed E-state index contributed by atoms with van der Waals surface area (Å²) < 4.78 is 0. The molecule has 1 heteroatoms. The average molecular weight is 266 g/mol. The van der Waals surface area contributed by atoms with Crippen molar-refractivity contribution in [3.8, 4) is 0 Å². The summed E-state index contributed by atoms with van der Waals surface area (Å²) in [6.45, 7) is 8.93. The second-order valence-electron chi connectivity index (χ2n) is 8.31. The molecule has 0 amide bonds. The third kappa shape index (κ3) is 3.54. The molecule has 0 aliphatic heterocycles. The first-order chi connectivity index (χ1) is 8.83. The predicted octanol–water partition coefficient (Wildman–Crippen LogP) is 5.17. The molecule has 0 spiro atoms. The summed E-state index contributed by atoms with van der Waals surface area (Å²) >= 11 is 0. The van der Waals surface area contributed by atoms with Gasteiger partial charge in [0.15, 0.2) is 0 Å². The van der Waals surface area contributed by atoms with E-state index in [4.69, 9.17) is 0 Å². The minimum absolute atomic E-state index is 0.479. The summed E-state index contributed by atoms with van der Waals surface area (Å²) in [4.78, 5) is 0. The van der Waals surface area contributed by atoms with Gasteiger partial charge in [-0.15, -0.1) is 0 Å². The maximum absolute atomic E-state index is 9.83. The lowest BCUT2D eigenvalue weighted by Crippen LogP contribution is -2.34. The minimum Gasteiger partial charge on any atom is -0.390 e. The van der Waals surface area contributed by atoms with Crippen molar-refractivity contribution in [2.24, 2.45) is 23.2 Å². The molecule has 0 aromatic heterocycles. The van der Waals surface area contributed by atoms with E-state index in [1.165, 1.54) is 51.4 Å². The van der Waals surface area contributed by atoms with Gasteiger partial charge in [0.05, 0.1) is 5.60 Å². The largest absolute Gasteiger partial charge is 0.390 e. The van der Waals surface area contributed by atoms with Crippen LogP contribution in [0, 0.1) is 23.2 Å². The molecule has 1 nitrogen and oxygen atoms in total. The highest BCUT2D eigenvalue weighted by Crippen LogP contribution is 2.58. The van der Waals surface area contributed by atoms with Gasteiger partial charge < -0.3 is 5.11 Å². The Kier molecular flexibility index (Phi) is 4.65. The van der Waals surface area contributed by atoms with Crippen molar-refractivity contribution in [2.45, 2.75) is 91.1 Å². The van der Waals surface area contributed by atoms with E-state index in [9.17, 15) is 5.11 Å². The summed E-state index contributed by atoms with van der Waals surface area (Å²) in [5.41, 5.74) is 0.166. The van der Waals surface area contributed by atoms with Gasteiger partial charge in [-0.05, 0) is 69.1 Å². The zero-order valence-corrected chi connectivity index (χ0v) is 13.5.